The largest absolute Gasteiger partial charge is 0.496 e. The van der Waals surface area contributed by atoms with Gasteiger partial charge in [0, 0.05) is 30.5 Å². The van der Waals surface area contributed by atoms with E-state index in [0.29, 0.717) is 42.9 Å². The minimum absolute atomic E-state index is 0.0314. The summed E-state index contributed by atoms with van der Waals surface area (Å²) in [6.07, 6.45) is 7.26. The number of ketones is 1. The highest BCUT2D eigenvalue weighted by atomic mass is 32.2. The third kappa shape index (κ3) is 8.52. The summed E-state index contributed by atoms with van der Waals surface area (Å²) in [5, 5.41) is 0.296. The van der Waals surface area contributed by atoms with Gasteiger partial charge < -0.3 is 19.1 Å². The van der Waals surface area contributed by atoms with Crippen LogP contribution in [0.15, 0.2) is 36.5 Å². The Labute approximate surface area is 310 Å². The van der Waals surface area contributed by atoms with E-state index in [1.165, 1.54) is 30.3 Å². The highest BCUT2D eigenvalue weighted by molar-refractivity contribution is 7.90. The zero-order valence-corrected chi connectivity index (χ0v) is 31.8. The van der Waals surface area contributed by atoms with Crippen LogP contribution in [-0.2, 0) is 33.9 Å². The van der Waals surface area contributed by atoms with Crippen molar-refractivity contribution in [1.82, 2.24) is 14.6 Å². The van der Waals surface area contributed by atoms with Gasteiger partial charge in [-0.2, -0.15) is 0 Å². The molecule has 14 heteroatoms. The van der Waals surface area contributed by atoms with Gasteiger partial charge in [0.25, 0.3) is 0 Å². The highest BCUT2D eigenvalue weighted by Gasteiger charge is 2.61. The number of nitrogens with one attached hydrogen (secondary N) is 1. The number of pyridine rings is 1. The number of carbonyl (C=O) groups excluding carboxylic acids is 4. The minimum Gasteiger partial charge on any atom is -0.496 e. The Morgan fingerprint density at radius 3 is 2.57 bits per heavy atom. The molecule has 1 aromatic carbocycles. The first kappa shape index (κ1) is 38.6. The molecule has 0 bridgehead atoms. The van der Waals surface area contributed by atoms with Crippen LogP contribution in [-0.4, -0.2) is 79.0 Å². The fraction of sp³-hybridized carbons (Fsp3) is 0.615. The fourth-order valence-corrected chi connectivity index (χ4v) is 9.47. The molecule has 1 saturated heterocycles. The van der Waals surface area contributed by atoms with E-state index in [2.05, 4.69) is 16.6 Å². The number of allylic oxidation sites excluding steroid dienone is 2. The number of nitrogens with zero attached hydrogens (tertiary/aromatic N) is 2. The van der Waals surface area contributed by atoms with Crippen LogP contribution in [0.4, 0.5) is 4.39 Å². The first-order chi connectivity index (χ1) is 25.1. The van der Waals surface area contributed by atoms with Crippen molar-refractivity contribution in [2.24, 2.45) is 29.1 Å². The highest BCUT2D eigenvalue weighted by Crippen LogP contribution is 2.57. The van der Waals surface area contributed by atoms with Crippen molar-refractivity contribution >= 4 is 44.4 Å². The maximum absolute atomic E-state index is 14.7. The van der Waals surface area contributed by atoms with Gasteiger partial charge in [-0.15, -0.1) is 0 Å². The molecule has 2 amide bonds. The summed E-state index contributed by atoms with van der Waals surface area (Å²) in [7, 11) is -2.44. The topological polar surface area (TPSA) is 158 Å². The van der Waals surface area contributed by atoms with Crippen molar-refractivity contribution in [3.63, 3.8) is 0 Å². The number of fused-ring (bicyclic) bond motifs is 3. The molecule has 3 heterocycles. The summed E-state index contributed by atoms with van der Waals surface area (Å²) in [5.41, 5.74) is -1.28. The maximum atomic E-state index is 14.7. The lowest BCUT2D eigenvalue weighted by atomic mass is 9.82. The maximum Gasteiger partial charge on any atom is 0.306 e. The van der Waals surface area contributed by atoms with Gasteiger partial charge >= 0.3 is 5.97 Å². The second-order valence-corrected chi connectivity index (χ2v) is 17.7. The summed E-state index contributed by atoms with van der Waals surface area (Å²) in [4.78, 5) is 61.9. The van der Waals surface area contributed by atoms with Gasteiger partial charge in [0.2, 0.25) is 27.7 Å². The second kappa shape index (κ2) is 15.3. The predicted molar refractivity (Wildman–Crippen MR) is 194 cm³/mol. The SMILES string of the molecule is COc1cc(F)cc2c(O[C@@H]3C[C@H]4C(=O)C[C@]5(C(=O)NS(=O)(=O)C6CC6)C[C@H]5/C=C\CC[C@H](C)C[C@@H](C)[C@H](CC(=O)OC(C)C)C(=O)N4C3)nccc12. The van der Waals surface area contributed by atoms with Crippen molar-refractivity contribution in [3.05, 3.63) is 42.4 Å². The number of aromatic nitrogens is 1. The average molecular weight is 756 g/mol. The predicted octanol–water partition coefficient (Wildman–Crippen LogP) is 5.27. The van der Waals surface area contributed by atoms with Crippen LogP contribution < -0.4 is 14.2 Å². The molecule has 4 aliphatic rings. The van der Waals surface area contributed by atoms with Crippen LogP contribution in [0, 0.1) is 34.9 Å². The lowest BCUT2D eigenvalue weighted by molar-refractivity contribution is -0.154. The molecule has 2 saturated carbocycles. The molecule has 0 spiro atoms. The fourth-order valence-electron chi connectivity index (χ4n) is 8.09. The van der Waals surface area contributed by atoms with Crippen molar-refractivity contribution in [3.8, 4) is 11.6 Å². The van der Waals surface area contributed by atoms with E-state index in [1.807, 2.05) is 19.1 Å². The van der Waals surface area contributed by atoms with Crippen molar-refractivity contribution < 1.29 is 46.2 Å². The van der Waals surface area contributed by atoms with Crippen LogP contribution >= 0.6 is 0 Å². The van der Waals surface area contributed by atoms with Crippen LogP contribution in [0.3, 0.4) is 0 Å². The quantitative estimate of drug-likeness (QED) is 0.264. The number of sulfonamides is 1. The van der Waals surface area contributed by atoms with Gasteiger partial charge in [0.1, 0.15) is 17.7 Å². The standard InChI is InChI=1S/C39H50FN3O9S/c1-22(2)51-35(45)18-30-24(4)14-23(3)8-6-7-9-25-19-39(25,38(47)42-53(48,49)28-10-11-28)20-33(44)32-17-27(21-43(32)37(30)46)52-36-31-15-26(40)16-34(50-5)29(31)12-13-41-36/h7,9,12-13,15-16,22-25,27-28,30,32H,6,8,10-11,14,17-21H2,1-5H3,(H,42,47)/b9-7-/t23-,24+,25+,27+,30-,32-,39+/m0/s1. The first-order valence-corrected chi connectivity index (χ1v) is 20.2. The molecular formula is C39H50FN3O9S. The Hall–Kier alpha value is -4.07. The molecule has 1 N–H and O–H groups in total. The number of esters is 1. The van der Waals surface area contributed by atoms with Crippen molar-refractivity contribution in [2.75, 3.05) is 13.7 Å². The van der Waals surface area contributed by atoms with E-state index < -0.39 is 68.1 Å². The zero-order valence-electron chi connectivity index (χ0n) is 31.0. The summed E-state index contributed by atoms with van der Waals surface area (Å²) in [6.45, 7) is 7.48. The molecule has 1 aromatic heterocycles. The molecule has 0 radical (unpaired) electrons. The third-order valence-corrected chi connectivity index (χ3v) is 13.0. The normalized spacial score (nSPS) is 30.1. The van der Waals surface area contributed by atoms with Gasteiger partial charge in [-0.3, -0.25) is 23.9 Å². The number of hydrogen-bond donors (Lipinski definition) is 1. The Morgan fingerprint density at radius 2 is 1.87 bits per heavy atom. The Morgan fingerprint density at radius 1 is 1.11 bits per heavy atom. The molecule has 2 aromatic rings. The van der Waals surface area contributed by atoms with E-state index in [9.17, 15) is 32.0 Å². The minimum atomic E-state index is -3.87. The Kier molecular flexibility index (Phi) is 11.2. The van der Waals surface area contributed by atoms with Gasteiger partial charge in [-0.25, -0.2) is 17.8 Å². The van der Waals surface area contributed by atoms with Crippen molar-refractivity contribution in [1.29, 1.82) is 0 Å². The summed E-state index contributed by atoms with van der Waals surface area (Å²) >= 11 is 0. The van der Waals surface area contributed by atoms with Gasteiger partial charge in [0.05, 0.1) is 54.2 Å². The Balaban J connectivity index is 1.35. The second-order valence-electron chi connectivity index (χ2n) is 15.8. The van der Waals surface area contributed by atoms with Gasteiger partial charge in [-0.05, 0) is 82.3 Å². The molecule has 0 unspecified atom stereocenters. The van der Waals surface area contributed by atoms with Crippen LogP contribution in [0.25, 0.3) is 10.8 Å². The number of methoxy groups -OCH3 is 1. The lowest BCUT2D eigenvalue weighted by Gasteiger charge is -2.32. The monoisotopic (exact) mass is 755 g/mol. The molecule has 53 heavy (non-hydrogen) atoms. The van der Waals surface area contributed by atoms with Crippen molar-refractivity contribution in [2.45, 2.75) is 109 Å². The molecule has 6 rings (SSSR count). The Bertz CT molecular complexity index is 1900. The molecule has 12 nitrogen and oxygen atoms in total. The number of Topliss-reactive ketones (excluding diaryl/α,β-unsaturated/α-hetero) is 1. The van der Waals surface area contributed by atoms with E-state index in [1.54, 1.807) is 19.9 Å². The van der Waals surface area contributed by atoms with E-state index in [-0.39, 0.29) is 61.3 Å². The molecule has 2 aliphatic carbocycles. The summed E-state index contributed by atoms with van der Waals surface area (Å²) in [6, 6.07) is 3.17. The van der Waals surface area contributed by atoms with Gasteiger partial charge in [0.15, 0.2) is 5.78 Å². The van der Waals surface area contributed by atoms with E-state index >= 15 is 0 Å². The zero-order chi connectivity index (χ0) is 38.2. The van der Waals surface area contributed by atoms with E-state index in [4.69, 9.17) is 14.2 Å². The first-order valence-electron chi connectivity index (χ1n) is 18.7. The number of hydrogen-bond acceptors (Lipinski definition) is 10. The van der Waals surface area contributed by atoms with Gasteiger partial charge in [-0.1, -0.05) is 26.0 Å². The molecule has 7 atom stereocenters. The molecule has 288 valence electrons. The number of rotatable bonds is 9. The number of ether oxygens (including phenoxy) is 3. The molecule has 3 fully saturated rings. The smallest absolute Gasteiger partial charge is 0.306 e. The third-order valence-electron chi connectivity index (χ3n) is 11.2. The lowest BCUT2D eigenvalue weighted by Crippen LogP contribution is -2.47. The van der Waals surface area contributed by atoms with Crippen LogP contribution in [0.2, 0.25) is 0 Å². The number of amides is 2. The number of halogens is 1. The summed E-state index contributed by atoms with van der Waals surface area (Å²) in [5.74, 6) is -3.40. The number of carbonyl (C=O) groups is 4. The molecule has 2 aliphatic heterocycles. The number of benzene rings is 1. The average Bonchev–Trinajstić information content (AvgIpc) is 4.01. The summed E-state index contributed by atoms with van der Waals surface area (Å²) < 4.78 is 59.9. The van der Waals surface area contributed by atoms with E-state index in [0.717, 1.165) is 6.42 Å². The molecular weight excluding hydrogens is 706 g/mol. The van der Waals surface area contributed by atoms with Crippen LogP contribution in [0.5, 0.6) is 11.6 Å². The van der Waals surface area contributed by atoms with Crippen LogP contribution in [0.1, 0.15) is 85.5 Å².